The summed E-state index contributed by atoms with van der Waals surface area (Å²) in [6.07, 6.45) is 1.47. The van der Waals surface area contributed by atoms with E-state index in [0.29, 0.717) is 12.2 Å². The molecule has 1 aromatic rings. The molecule has 1 N–H and O–H groups in total. The summed E-state index contributed by atoms with van der Waals surface area (Å²) >= 11 is 0. The first kappa shape index (κ1) is 14.3. The van der Waals surface area contributed by atoms with Gasteiger partial charge in [0.2, 0.25) is 0 Å². The van der Waals surface area contributed by atoms with Crippen LogP contribution in [-0.4, -0.2) is 36.0 Å². The highest BCUT2D eigenvalue weighted by molar-refractivity contribution is 6.04. The number of carbonyl (C=O) groups is 2. The van der Waals surface area contributed by atoms with Crippen molar-refractivity contribution in [1.82, 2.24) is 10.2 Å². The number of ether oxygens (including phenoxy) is 1. The normalized spacial score (nSPS) is 18.3. The number of nitrogens with zero attached hydrogens (tertiary/aromatic N) is 1. The highest BCUT2D eigenvalue weighted by Gasteiger charge is 2.36. The minimum absolute atomic E-state index is 0.183. The number of halogens is 1. The lowest BCUT2D eigenvalue weighted by atomic mass is 10.2. The summed E-state index contributed by atoms with van der Waals surface area (Å²) in [6, 6.07) is 4.79. The molecule has 2 rings (SSSR count). The van der Waals surface area contributed by atoms with Gasteiger partial charge in [0.05, 0.1) is 6.54 Å². The van der Waals surface area contributed by atoms with E-state index in [1.54, 1.807) is 0 Å². The smallest absolute Gasteiger partial charge is 0.324 e. The van der Waals surface area contributed by atoms with E-state index in [2.05, 4.69) is 5.32 Å². The van der Waals surface area contributed by atoms with Crippen LogP contribution in [0, 0.1) is 5.82 Å². The van der Waals surface area contributed by atoms with Crippen LogP contribution in [0.3, 0.4) is 0 Å². The van der Waals surface area contributed by atoms with Crippen LogP contribution < -0.4 is 10.1 Å². The Kier molecular flexibility index (Phi) is 4.55. The Balaban J connectivity index is 1.83. The van der Waals surface area contributed by atoms with E-state index < -0.39 is 6.04 Å². The Bertz CT molecular complexity index is 490. The maximum absolute atomic E-state index is 12.7. The Morgan fingerprint density at radius 2 is 2.00 bits per heavy atom. The number of rotatable bonds is 6. The van der Waals surface area contributed by atoms with Crippen molar-refractivity contribution >= 4 is 11.9 Å². The van der Waals surface area contributed by atoms with Gasteiger partial charge in [-0.2, -0.15) is 0 Å². The van der Waals surface area contributed by atoms with Crippen molar-refractivity contribution in [3.05, 3.63) is 30.1 Å². The molecule has 1 saturated heterocycles. The maximum Gasteiger partial charge on any atom is 0.324 e. The van der Waals surface area contributed by atoms with Crippen molar-refractivity contribution in [3.63, 3.8) is 0 Å². The van der Waals surface area contributed by atoms with Crippen molar-refractivity contribution in [3.8, 4) is 5.75 Å². The average Bonchev–Trinajstić information content (AvgIpc) is 2.69. The van der Waals surface area contributed by atoms with Crippen molar-refractivity contribution in [2.45, 2.75) is 25.8 Å². The van der Waals surface area contributed by atoms with E-state index in [9.17, 15) is 14.0 Å². The molecule has 1 aromatic carbocycles. The van der Waals surface area contributed by atoms with Gasteiger partial charge in [-0.3, -0.25) is 9.69 Å². The third-order valence-corrected chi connectivity index (χ3v) is 3.08. The number of hydrogen-bond donors (Lipinski definition) is 1. The number of urea groups is 1. The van der Waals surface area contributed by atoms with Crippen LogP contribution in [-0.2, 0) is 4.79 Å². The molecule has 6 heteroatoms. The summed E-state index contributed by atoms with van der Waals surface area (Å²) in [5.74, 6) is -0.0445. The van der Waals surface area contributed by atoms with Gasteiger partial charge in [0.15, 0.2) is 0 Å². The minimum Gasteiger partial charge on any atom is -0.492 e. The summed E-state index contributed by atoms with van der Waals surface area (Å²) in [5.41, 5.74) is 0. The lowest BCUT2D eigenvalue weighted by molar-refractivity contribution is -0.127. The topological polar surface area (TPSA) is 58.6 Å². The van der Waals surface area contributed by atoms with Crippen LogP contribution in [0.4, 0.5) is 9.18 Å². The quantitative estimate of drug-likeness (QED) is 0.810. The maximum atomic E-state index is 12.7. The highest BCUT2D eigenvalue weighted by atomic mass is 19.1. The second-order valence-corrected chi connectivity index (χ2v) is 4.58. The molecule has 20 heavy (non-hydrogen) atoms. The van der Waals surface area contributed by atoms with Crippen LogP contribution in [0.25, 0.3) is 0 Å². The van der Waals surface area contributed by atoms with Gasteiger partial charge in [0.1, 0.15) is 24.2 Å². The van der Waals surface area contributed by atoms with E-state index in [-0.39, 0.29) is 30.9 Å². The fourth-order valence-corrected chi connectivity index (χ4v) is 2.06. The van der Waals surface area contributed by atoms with Gasteiger partial charge < -0.3 is 10.1 Å². The predicted molar refractivity (Wildman–Crippen MR) is 70.8 cm³/mol. The molecular weight excluding hydrogens is 263 g/mol. The molecule has 5 nitrogen and oxygen atoms in total. The third kappa shape index (κ3) is 3.26. The molecule has 1 aliphatic heterocycles. The zero-order valence-electron chi connectivity index (χ0n) is 11.3. The molecule has 1 heterocycles. The highest BCUT2D eigenvalue weighted by Crippen LogP contribution is 2.13. The van der Waals surface area contributed by atoms with Crippen molar-refractivity contribution in [1.29, 1.82) is 0 Å². The second kappa shape index (κ2) is 6.36. The third-order valence-electron chi connectivity index (χ3n) is 3.08. The van der Waals surface area contributed by atoms with Crippen LogP contribution >= 0.6 is 0 Å². The van der Waals surface area contributed by atoms with Crippen LogP contribution in [0.15, 0.2) is 24.3 Å². The molecular formula is C14H17FN2O3. The molecule has 0 spiro atoms. The van der Waals surface area contributed by atoms with E-state index in [1.807, 2.05) is 6.92 Å². The number of hydrogen-bond acceptors (Lipinski definition) is 3. The summed E-state index contributed by atoms with van der Waals surface area (Å²) in [5, 5.41) is 2.64. The number of nitrogens with one attached hydrogen (secondary N) is 1. The molecule has 1 aliphatic rings. The SMILES string of the molecule is CCCC1NC(=O)N(CCOc2ccc(F)cc2)C1=O. The molecule has 1 fully saturated rings. The van der Waals surface area contributed by atoms with Gasteiger partial charge >= 0.3 is 6.03 Å². The molecule has 1 unspecified atom stereocenters. The van der Waals surface area contributed by atoms with Gasteiger partial charge in [-0.1, -0.05) is 13.3 Å². The largest absolute Gasteiger partial charge is 0.492 e. The van der Waals surface area contributed by atoms with E-state index in [1.165, 1.54) is 24.3 Å². The zero-order chi connectivity index (χ0) is 14.5. The van der Waals surface area contributed by atoms with Gasteiger partial charge in [-0.15, -0.1) is 0 Å². The first-order chi connectivity index (χ1) is 9.61. The lowest BCUT2D eigenvalue weighted by Gasteiger charge is -2.13. The van der Waals surface area contributed by atoms with E-state index in [0.717, 1.165) is 11.3 Å². The molecule has 1 atom stereocenters. The van der Waals surface area contributed by atoms with Gasteiger partial charge in [0, 0.05) is 0 Å². The molecule has 0 aliphatic carbocycles. The average molecular weight is 280 g/mol. The van der Waals surface area contributed by atoms with Crippen molar-refractivity contribution in [2.75, 3.05) is 13.2 Å². The first-order valence-electron chi connectivity index (χ1n) is 6.62. The predicted octanol–water partition coefficient (Wildman–Crippen LogP) is 1.93. The van der Waals surface area contributed by atoms with E-state index >= 15 is 0 Å². The van der Waals surface area contributed by atoms with Crippen molar-refractivity contribution in [2.24, 2.45) is 0 Å². The van der Waals surface area contributed by atoms with Crippen LogP contribution in [0.1, 0.15) is 19.8 Å². The van der Waals surface area contributed by atoms with Gasteiger partial charge in [0.25, 0.3) is 5.91 Å². The minimum atomic E-state index is -0.418. The molecule has 0 saturated carbocycles. The fourth-order valence-electron chi connectivity index (χ4n) is 2.06. The standard InChI is InChI=1S/C14H17FN2O3/c1-2-3-12-13(18)17(14(19)16-12)8-9-20-11-6-4-10(15)5-7-11/h4-7,12H,2-3,8-9H2,1H3,(H,16,19). The van der Waals surface area contributed by atoms with Crippen molar-refractivity contribution < 1.29 is 18.7 Å². The Labute approximate surface area is 116 Å². The molecule has 3 amide bonds. The lowest BCUT2D eigenvalue weighted by Crippen LogP contribution is -2.35. The molecule has 108 valence electrons. The zero-order valence-corrected chi connectivity index (χ0v) is 11.3. The second-order valence-electron chi connectivity index (χ2n) is 4.58. The number of imide groups is 1. The van der Waals surface area contributed by atoms with Crippen LogP contribution in [0.5, 0.6) is 5.75 Å². The number of carbonyl (C=O) groups excluding carboxylic acids is 2. The summed E-state index contributed by atoms with van der Waals surface area (Å²) in [4.78, 5) is 24.7. The Morgan fingerprint density at radius 3 is 2.65 bits per heavy atom. The summed E-state index contributed by atoms with van der Waals surface area (Å²) in [7, 11) is 0. The Hall–Kier alpha value is -2.11. The number of benzene rings is 1. The Morgan fingerprint density at radius 1 is 1.30 bits per heavy atom. The number of amides is 3. The van der Waals surface area contributed by atoms with Gasteiger partial charge in [-0.25, -0.2) is 9.18 Å². The summed E-state index contributed by atoms with van der Waals surface area (Å²) < 4.78 is 18.1. The molecule has 0 aromatic heterocycles. The first-order valence-corrected chi connectivity index (χ1v) is 6.62. The molecule has 0 bridgehead atoms. The summed E-state index contributed by atoms with van der Waals surface area (Å²) in [6.45, 7) is 2.33. The van der Waals surface area contributed by atoms with Gasteiger partial charge in [-0.05, 0) is 30.7 Å². The monoisotopic (exact) mass is 280 g/mol. The fraction of sp³-hybridized carbons (Fsp3) is 0.429. The molecule has 0 radical (unpaired) electrons. The van der Waals surface area contributed by atoms with Crippen LogP contribution in [0.2, 0.25) is 0 Å². The van der Waals surface area contributed by atoms with E-state index in [4.69, 9.17) is 4.74 Å².